The molecule has 1 unspecified atom stereocenters. The number of hydrazine groups is 1. The Hall–Kier alpha value is -1.82. The van der Waals surface area contributed by atoms with Crippen LogP contribution in [0, 0.1) is 0 Å². The number of amides is 2. The Morgan fingerprint density at radius 2 is 2.33 bits per heavy atom. The van der Waals surface area contributed by atoms with Gasteiger partial charge in [-0.2, -0.15) is 0 Å². The molecule has 1 aliphatic heterocycles. The molecule has 2 heterocycles. The summed E-state index contributed by atoms with van der Waals surface area (Å²) < 4.78 is 7.03. The summed E-state index contributed by atoms with van der Waals surface area (Å²) in [7, 11) is 1.77. The molecule has 1 aromatic rings. The molecule has 1 aliphatic rings. The van der Waals surface area contributed by atoms with Crippen molar-refractivity contribution >= 4 is 11.8 Å². The van der Waals surface area contributed by atoms with E-state index in [-0.39, 0.29) is 24.3 Å². The zero-order valence-electron chi connectivity index (χ0n) is 10.3. The van der Waals surface area contributed by atoms with Crippen LogP contribution in [0.1, 0.15) is 29.8 Å². The fourth-order valence-corrected chi connectivity index (χ4v) is 1.95. The van der Waals surface area contributed by atoms with E-state index in [0.717, 1.165) is 12.8 Å². The molecule has 2 amide bonds. The van der Waals surface area contributed by atoms with E-state index in [4.69, 9.17) is 4.74 Å². The zero-order chi connectivity index (χ0) is 13.0. The van der Waals surface area contributed by atoms with Crippen molar-refractivity contribution in [2.75, 3.05) is 6.61 Å². The molecule has 6 nitrogen and oxygen atoms in total. The highest BCUT2D eigenvalue weighted by molar-refractivity contribution is 5.94. The number of aryl methyl sites for hydroxylation is 1. The second-order valence-electron chi connectivity index (χ2n) is 4.35. The molecule has 1 saturated heterocycles. The quantitative estimate of drug-likeness (QED) is 0.762. The number of nitrogens with zero attached hydrogens (tertiary/aromatic N) is 1. The van der Waals surface area contributed by atoms with Crippen LogP contribution in [-0.2, 0) is 16.6 Å². The normalized spacial score (nSPS) is 18.6. The van der Waals surface area contributed by atoms with Gasteiger partial charge in [-0.05, 0) is 25.0 Å². The highest BCUT2D eigenvalue weighted by Crippen LogP contribution is 2.14. The minimum Gasteiger partial charge on any atom is -0.378 e. The van der Waals surface area contributed by atoms with E-state index < -0.39 is 0 Å². The average Bonchev–Trinajstić information content (AvgIpc) is 2.97. The number of carbonyl (C=O) groups excluding carboxylic acids is 2. The zero-order valence-corrected chi connectivity index (χ0v) is 10.3. The first kappa shape index (κ1) is 12.6. The number of ether oxygens (including phenoxy) is 1. The molecular formula is C12H17N3O3. The summed E-state index contributed by atoms with van der Waals surface area (Å²) in [5.41, 5.74) is 5.27. The van der Waals surface area contributed by atoms with Crippen LogP contribution in [0.25, 0.3) is 0 Å². The Morgan fingerprint density at radius 1 is 1.50 bits per heavy atom. The molecule has 1 fully saturated rings. The van der Waals surface area contributed by atoms with Crippen molar-refractivity contribution in [2.45, 2.75) is 25.4 Å². The largest absolute Gasteiger partial charge is 0.378 e. The highest BCUT2D eigenvalue weighted by Gasteiger charge is 2.19. The van der Waals surface area contributed by atoms with E-state index in [9.17, 15) is 9.59 Å². The van der Waals surface area contributed by atoms with Crippen molar-refractivity contribution in [3.05, 3.63) is 24.0 Å². The van der Waals surface area contributed by atoms with Crippen molar-refractivity contribution in [1.29, 1.82) is 0 Å². The summed E-state index contributed by atoms with van der Waals surface area (Å²) in [6.07, 6.45) is 3.93. The molecule has 0 aromatic carbocycles. The van der Waals surface area contributed by atoms with Crippen LogP contribution in [0.15, 0.2) is 18.3 Å². The summed E-state index contributed by atoms with van der Waals surface area (Å²) in [5, 5.41) is 0. The van der Waals surface area contributed by atoms with Crippen LogP contribution in [-0.4, -0.2) is 29.1 Å². The minimum atomic E-state index is -0.330. The van der Waals surface area contributed by atoms with Gasteiger partial charge in [0.2, 0.25) is 5.91 Å². The predicted octanol–water partition coefficient (Wildman–Crippen LogP) is 0.355. The standard InChI is InChI=1S/C12H17N3O3/c1-15-6-2-5-10(15)12(17)14-13-11(16)8-9-4-3-7-18-9/h2,5-6,9H,3-4,7-8H2,1H3,(H,13,16)(H,14,17). The van der Waals surface area contributed by atoms with Gasteiger partial charge in [-0.15, -0.1) is 0 Å². The third kappa shape index (κ3) is 3.10. The second kappa shape index (κ2) is 5.68. The summed E-state index contributed by atoms with van der Waals surface area (Å²) >= 11 is 0. The lowest BCUT2D eigenvalue weighted by Gasteiger charge is -2.11. The molecular weight excluding hydrogens is 234 g/mol. The van der Waals surface area contributed by atoms with Crippen LogP contribution in [0.4, 0.5) is 0 Å². The summed E-state index contributed by atoms with van der Waals surface area (Å²) in [6.45, 7) is 0.716. The van der Waals surface area contributed by atoms with Gasteiger partial charge in [-0.3, -0.25) is 20.4 Å². The number of aromatic nitrogens is 1. The molecule has 0 aliphatic carbocycles. The molecule has 0 radical (unpaired) electrons. The van der Waals surface area contributed by atoms with Gasteiger partial charge in [0.1, 0.15) is 5.69 Å². The predicted molar refractivity (Wildman–Crippen MR) is 64.6 cm³/mol. The Morgan fingerprint density at radius 3 is 2.94 bits per heavy atom. The van der Waals surface area contributed by atoms with E-state index in [1.165, 1.54) is 0 Å². The Kier molecular flexibility index (Phi) is 3.99. The summed E-state index contributed by atoms with van der Waals surface area (Å²) in [4.78, 5) is 23.2. The Balaban J connectivity index is 1.75. The van der Waals surface area contributed by atoms with Crippen molar-refractivity contribution in [2.24, 2.45) is 7.05 Å². The fraction of sp³-hybridized carbons (Fsp3) is 0.500. The van der Waals surface area contributed by atoms with Gasteiger partial charge in [0.15, 0.2) is 0 Å². The first-order valence-electron chi connectivity index (χ1n) is 5.99. The van der Waals surface area contributed by atoms with Gasteiger partial charge in [0.05, 0.1) is 12.5 Å². The SMILES string of the molecule is Cn1cccc1C(=O)NNC(=O)CC1CCCO1. The molecule has 1 aromatic heterocycles. The maximum atomic E-state index is 11.7. The van der Waals surface area contributed by atoms with E-state index in [1.54, 1.807) is 29.9 Å². The molecule has 0 spiro atoms. The van der Waals surface area contributed by atoms with Crippen LogP contribution < -0.4 is 10.9 Å². The van der Waals surface area contributed by atoms with E-state index in [0.29, 0.717) is 12.3 Å². The molecule has 98 valence electrons. The Bertz CT molecular complexity index is 436. The van der Waals surface area contributed by atoms with Gasteiger partial charge >= 0.3 is 0 Å². The van der Waals surface area contributed by atoms with Gasteiger partial charge < -0.3 is 9.30 Å². The molecule has 18 heavy (non-hydrogen) atoms. The van der Waals surface area contributed by atoms with Gasteiger partial charge in [-0.1, -0.05) is 0 Å². The average molecular weight is 251 g/mol. The third-order valence-electron chi connectivity index (χ3n) is 2.93. The molecule has 2 N–H and O–H groups in total. The highest BCUT2D eigenvalue weighted by atomic mass is 16.5. The number of hydrogen-bond donors (Lipinski definition) is 2. The van der Waals surface area contributed by atoms with Crippen molar-refractivity contribution < 1.29 is 14.3 Å². The van der Waals surface area contributed by atoms with Crippen LogP contribution in [0.5, 0.6) is 0 Å². The lowest BCUT2D eigenvalue weighted by Crippen LogP contribution is -2.43. The maximum Gasteiger partial charge on any atom is 0.286 e. The molecule has 0 bridgehead atoms. The van der Waals surface area contributed by atoms with Crippen molar-refractivity contribution in [1.82, 2.24) is 15.4 Å². The van der Waals surface area contributed by atoms with E-state index in [1.807, 2.05) is 0 Å². The van der Waals surface area contributed by atoms with Crippen molar-refractivity contribution in [3.8, 4) is 0 Å². The number of hydrogen-bond acceptors (Lipinski definition) is 3. The van der Waals surface area contributed by atoms with Gasteiger partial charge in [-0.25, -0.2) is 0 Å². The maximum absolute atomic E-state index is 11.7. The topological polar surface area (TPSA) is 72.4 Å². The molecule has 6 heteroatoms. The van der Waals surface area contributed by atoms with Gasteiger partial charge in [0.25, 0.3) is 5.91 Å². The van der Waals surface area contributed by atoms with Crippen LogP contribution in [0.2, 0.25) is 0 Å². The molecule has 0 saturated carbocycles. The monoisotopic (exact) mass is 251 g/mol. The summed E-state index contributed by atoms with van der Waals surface area (Å²) in [5.74, 6) is -0.562. The lowest BCUT2D eigenvalue weighted by molar-refractivity contribution is -0.124. The van der Waals surface area contributed by atoms with Gasteiger partial charge in [0, 0.05) is 19.9 Å². The first-order chi connectivity index (χ1) is 8.66. The Labute approximate surface area is 105 Å². The molecule has 1 atom stereocenters. The first-order valence-corrected chi connectivity index (χ1v) is 5.99. The van der Waals surface area contributed by atoms with E-state index >= 15 is 0 Å². The number of carbonyl (C=O) groups is 2. The summed E-state index contributed by atoms with van der Waals surface area (Å²) in [6, 6.07) is 3.45. The number of rotatable bonds is 3. The fourth-order valence-electron chi connectivity index (χ4n) is 1.95. The van der Waals surface area contributed by atoms with Crippen molar-refractivity contribution in [3.63, 3.8) is 0 Å². The van der Waals surface area contributed by atoms with Crippen LogP contribution >= 0.6 is 0 Å². The smallest absolute Gasteiger partial charge is 0.286 e. The number of nitrogens with one attached hydrogen (secondary N) is 2. The minimum absolute atomic E-state index is 0.0167. The third-order valence-corrected chi connectivity index (χ3v) is 2.93. The molecule has 2 rings (SSSR count). The lowest BCUT2D eigenvalue weighted by atomic mass is 10.2. The van der Waals surface area contributed by atoms with Crippen LogP contribution in [0.3, 0.4) is 0 Å². The van der Waals surface area contributed by atoms with E-state index in [2.05, 4.69) is 10.9 Å². The second-order valence-corrected chi connectivity index (χ2v) is 4.35.